The number of nitrogens with one attached hydrogen (secondary N) is 2. The molecule has 3 aromatic carbocycles. The van der Waals surface area contributed by atoms with Crippen LogP contribution >= 0.6 is 0 Å². The summed E-state index contributed by atoms with van der Waals surface area (Å²) in [7, 11) is 0. The van der Waals surface area contributed by atoms with Crippen molar-refractivity contribution in [1.29, 1.82) is 0 Å². The third-order valence-corrected chi connectivity index (χ3v) is 9.88. The van der Waals surface area contributed by atoms with Crippen LogP contribution < -0.4 is 16.4 Å². The Hall–Kier alpha value is -4.04. The van der Waals surface area contributed by atoms with Crippen LogP contribution in [0.3, 0.4) is 0 Å². The van der Waals surface area contributed by atoms with Crippen molar-refractivity contribution in [3.8, 4) is 0 Å². The first-order valence-corrected chi connectivity index (χ1v) is 17.3. The van der Waals surface area contributed by atoms with Crippen molar-refractivity contribution in [3.05, 3.63) is 130 Å². The molecule has 0 saturated carbocycles. The Morgan fingerprint density at radius 1 is 0.851 bits per heavy atom. The maximum atomic E-state index is 14.1. The molecule has 2 heterocycles. The third-order valence-electron chi connectivity index (χ3n) is 9.88. The first kappa shape index (κ1) is 34.3. The number of allylic oxidation sites excluding steroid dienone is 2. The fourth-order valence-electron chi connectivity index (χ4n) is 7.41. The molecule has 1 amide bonds. The number of nitrogens with two attached hydrogens (primary N) is 1. The van der Waals surface area contributed by atoms with Crippen molar-refractivity contribution in [3.63, 3.8) is 0 Å². The lowest BCUT2D eigenvalue weighted by Crippen LogP contribution is -2.44. The van der Waals surface area contributed by atoms with E-state index in [1.165, 1.54) is 11.1 Å². The smallest absolute Gasteiger partial charge is 0.249 e. The summed E-state index contributed by atoms with van der Waals surface area (Å²) in [5.74, 6) is -1.08. The number of unbranched alkanes of at least 4 members (excludes halogenated alkanes) is 1. The summed E-state index contributed by atoms with van der Waals surface area (Å²) in [6.07, 6.45) is 5.84. The van der Waals surface area contributed by atoms with Crippen LogP contribution in [0, 0.1) is 0 Å². The Bertz CT molecular complexity index is 1490. The number of carbonyl (C=O) groups is 2. The fourth-order valence-corrected chi connectivity index (χ4v) is 7.41. The Morgan fingerprint density at radius 2 is 1.45 bits per heavy atom. The van der Waals surface area contributed by atoms with Gasteiger partial charge >= 0.3 is 0 Å². The molecule has 0 aliphatic carbocycles. The minimum Gasteiger partial charge on any atom is -0.388 e. The third kappa shape index (κ3) is 7.92. The summed E-state index contributed by atoms with van der Waals surface area (Å²) in [4.78, 5) is 29.8. The molecule has 0 bridgehead atoms. The number of aliphatic hydroxyl groups excluding tert-OH is 1. The molecule has 2 aliphatic heterocycles. The Balaban J connectivity index is 1.28. The van der Waals surface area contributed by atoms with E-state index in [2.05, 4.69) is 76.2 Å². The molecule has 2 aliphatic rings. The Morgan fingerprint density at radius 3 is 2.00 bits per heavy atom. The van der Waals surface area contributed by atoms with Gasteiger partial charge in [-0.2, -0.15) is 0 Å². The van der Waals surface area contributed by atoms with Crippen molar-refractivity contribution in [2.24, 2.45) is 5.73 Å². The minimum atomic E-state index is -0.604. The number of carbonyl (C=O) groups excluding carboxylic acids is 2. The molecular formula is C40H50N4O3. The van der Waals surface area contributed by atoms with Gasteiger partial charge in [0.2, 0.25) is 5.91 Å². The largest absolute Gasteiger partial charge is 0.388 e. The summed E-state index contributed by atoms with van der Waals surface area (Å²) in [6, 6.07) is 31.5. The number of rotatable bonds is 15. The van der Waals surface area contributed by atoms with Crippen LogP contribution in [0.4, 0.5) is 0 Å². The molecule has 0 spiro atoms. The molecule has 47 heavy (non-hydrogen) atoms. The molecule has 0 radical (unpaired) electrons. The summed E-state index contributed by atoms with van der Waals surface area (Å²) in [6.45, 7) is 5.38. The zero-order valence-corrected chi connectivity index (χ0v) is 27.7. The highest BCUT2D eigenvalue weighted by atomic mass is 16.3. The van der Waals surface area contributed by atoms with Crippen molar-refractivity contribution in [1.82, 2.24) is 15.5 Å². The molecule has 1 atom stereocenters. The van der Waals surface area contributed by atoms with Gasteiger partial charge in [0.05, 0.1) is 0 Å². The molecule has 0 aromatic heterocycles. The topological polar surface area (TPSA) is 108 Å². The van der Waals surface area contributed by atoms with E-state index in [0.717, 1.165) is 68.7 Å². The van der Waals surface area contributed by atoms with Crippen molar-refractivity contribution < 1.29 is 14.7 Å². The van der Waals surface area contributed by atoms with E-state index in [-0.39, 0.29) is 17.1 Å². The van der Waals surface area contributed by atoms with Gasteiger partial charge in [0, 0.05) is 40.4 Å². The number of piperidine rings is 1. The lowest BCUT2D eigenvalue weighted by molar-refractivity contribution is -0.118. The van der Waals surface area contributed by atoms with Gasteiger partial charge in [-0.1, -0.05) is 97.9 Å². The van der Waals surface area contributed by atoms with Crippen molar-refractivity contribution in [2.45, 2.75) is 63.2 Å². The van der Waals surface area contributed by atoms with E-state index >= 15 is 0 Å². The average Bonchev–Trinajstić information content (AvgIpc) is 3.13. The molecule has 248 valence electrons. The van der Waals surface area contributed by atoms with Crippen LogP contribution in [0.1, 0.15) is 74.5 Å². The summed E-state index contributed by atoms with van der Waals surface area (Å²) < 4.78 is 0. The average molecular weight is 635 g/mol. The fraction of sp³-hybridized carbons (Fsp3) is 0.400. The number of hydrogen-bond acceptors (Lipinski definition) is 6. The summed E-state index contributed by atoms with van der Waals surface area (Å²) in [5.41, 5.74) is 12.1. The van der Waals surface area contributed by atoms with Crippen LogP contribution in [0.15, 0.2) is 114 Å². The predicted molar refractivity (Wildman–Crippen MR) is 189 cm³/mol. The molecular weight excluding hydrogens is 584 g/mol. The number of aliphatic hydroxyl groups is 1. The lowest BCUT2D eigenvalue weighted by Gasteiger charge is -2.43. The molecule has 5 N–H and O–H groups in total. The summed E-state index contributed by atoms with van der Waals surface area (Å²) in [5, 5.41) is 16.6. The monoisotopic (exact) mass is 634 g/mol. The van der Waals surface area contributed by atoms with Crippen molar-refractivity contribution in [2.75, 3.05) is 39.3 Å². The maximum absolute atomic E-state index is 14.1. The first-order chi connectivity index (χ1) is 23.0. The highest BCUT2D eigenvalue weighted by Gasteiger charge is 2.39. The first-order valence-electron chi connectivity index (χ1n) is 17.3. The minimum absolute atomic E-state index is 0.00895. The molecule has 7 nitrogen and oxygen atoms in total. The maximum Gasteiger partial charge on any atom is 0.249 e. The molecule has 3 aromatic rings. The summed E-state index contributed by atoms with van der Waals surface area (Å²) >= 11 is 0. The van der Waals surface area contributed by atoms with Crippen molar-refractivity contribution >= 4 is 11.7 Å². The number of nitrogens with zero attached hydrogens (tertiary/aromatic N) is 1. The van der Waals surface area contributed by atoms with Gasteiger partial charge in [-0.05, 0) is 87.8 Å². The van der Waals surface area contributed by atoms with Gasteiger partial charge in [-0.3, -0.25) is 9.59 Å². The van der Waals surface area contributed by atoms with E-state index in [1.807, 2.05) is 37.3 Å². The van der Waals surface area contributed by atoms with Gasteiger partial charge < -0.3 is 26.4 Å². The zero-order valence-electron chi connectivity index (χ0n) is 27.7. The van der Waals surface area contributed by atoms with Gasteiger partial charge in [-0.25, -0.2) is 0 Å². The number of likely N-dealkylation sites (tertiary alicyclic amines) is 1. The number of benzene rings is 3. The van der Waals surface area contributed by atoms with Crippen LogP contribution in [0.25, 0.3) is 0 Å². The Kier molecular flexibility index (Phi) is 12.2. The van der Waals surface area contributed by atoms with Crippen LogP contribution in [0.5, 0.6) is 0 Å². The second kappa shape index (κ2) is 16.7. The van der Waals surface area contributed by atoms with Gasteiger partial charge in [0.1, 0.15) is 6.61 Å². The number of ketones is 1. The predicted octanol–water partition coefficient (Wildman–Crippen LogP) is 5.57. The number of Topliss-reactive ketones (excluding diaryl/α,β-unsaturated/α-hetero) is 1. The highest BCUT2D eigenvalue weighted by molar-refractivity contribution is 6.05. The van der Waals surface area contributed by atoms with Crippen LogP contribution in [-0.2, 0) is 15.0 Å². The van der Waals surface area contributed by atoms with E-state index in [9.17, 15) is 14.7 Å². The van der Waals surface area contributed by atoms with Gasteiger partial charge in [-0.15, -0.1) is 0 Å². The highest BCUT2D eigenvalue weighted by Crippen LogP contribution is 2.42. The van der Waals surface area contributed by atoms with E-state index in [4.69, 9.17) is 5.73 Å². The molecule has 1 fully saturated rings. The quantitative estimate of drug-likeness (QED) is 0.163. The zero-order chi connectivity index (χ0) is 33.1. The standard InChI is InChI=1S/C40H50N4O3/c1-2-33-37(35(46)29-45)36(30-15-6-3-7-16-30)38(34(43-33)21-12-13-24-41)39(47)42-25-14-26-44-27-22-40(23-28-44,31-17-8-4-9-18-31)32-19-10-5-11-20-32/h3-11,15-20,36,43,45H,2,12-14,21-29,41H2,1H3,(H,42,47). The molecule has 1 saturated heterocycles. The van der Waals surface area contributed by atoms with Gasteiger partial charge in [0.15, 0.2) is 5.78 Å². The van der Waals surface area contributed by atoms with Crippen LogP contribution in [-0.4, -0.2) is 61.0 Å². The normalized spacial score (nSPS) is 18.1. The van der Waals surface area contributed by atoms with E-state index < -0.39 is 12.5 Å². The number of hydrogen-bond donors (Lipinski definition) is 4. The second-order valence-corrected chi connectivity index (χ2v) is 12.7. The Labute approximate surface area is 280 Å². The van der Waals surface area contributed by atoms with E-state index in [0.29, 0.717) is 37.1 Å². The van der Waals surface area contributed by atoms with Crippen LogP contribution in [0.2, 0.25) is 0 Å². The SMILES string of the molecule is CCC1=C(C(=O)CO)C(c2ccccc2)C(C(=O)NCCCN2CCC(c3ccccc3)(c3ccccc3)CC2)=C(CCCCN)N1. The lowest BCUT2D eigenvalue weighted by atomic mass is 9.68. The number of amides is 1. The molecule has 7 heteroatoms. The second-order valence-electron chi connectivity index (χ2n) is 12.7. The molecule has 1 unspecified atom stereocenters. The van der Waals surface area contributed by atoms with E-state index in [1.54, 1.807) is 0 Å². The number of dihydropyridines is 1. The molecule has 5 rings (SSSR count). The van der Waals surface area contributed by atoms with Gasteiger partial charge in [0.25, 0.3) is 0 Å².